The molecule has 4 rings (SSSR count). The van der Waals surface area contributed by atoms with Gasteiger partial charge in [-0.05, 0) is 76.1 Å². The smallest absolute Gasteiger partial charge is 0.260 e. The number of furan rings is 1. The van der Waals surface area contributed by atoms with Gasteiger partial charge >= 0.3 is 0 Å². The maximum atomic E-state index is 14.0. The number of ether oxygens (including phenoxy) is 3. The first-order valence-corrected chi connectivity index (χ1v) is 12.6. The molecule has 7 nitrogen and oxygen atoms in total. The van der Waals surface area contributed by atoms with E-state index in [0.29, 0.717) is 53.5 Å². The van der Waals surface area contributed by atoms with Gasteiger partial charge in [0.2, 0.25) is 5.75 Å². The second-order valence-corrected chi connectivity index (χ2v) is 8.93. The van der Waals surface area contributed by atoms with Gasteiger partial charge in [-0.2, -0.15) is 0 Å². The summed E-state index contributed by atoms with van der Waals surface area (Å²) in [5.74, 6) is 1.86. The molecule has 0 aliphatic heterocycles. The van der Waals surface area contributed by atoms with Crippen molar-refractivity contribution in [3.8, 4) is 17.2 Å². The van der Waals surface area contributed by atoms with Crippen molar-refractivity contribution in [1.29, 1.82) is 0 Å². The van der Waals surface area contributed by atoms with E-state index in [-0.39, 0.29) is 12.5 Å². The SMILES string of the molecule is CCOc1cc(C(=O)N(Cc2ccco2)c2nc3c(C)c(C)ccc3s2)cc(OCC)c1OCC. The van der Waals surface area contributed by atoms with Gasteiger partial charge in [0.25, 0.3) is 5.91 Å². The van der Waals surface area contributed by atoms with Gasteiger partial charge in [-0.3, -0.25) is 9.69 Å². The van der Waals surface area contributed by atoms with Crippen molar-refractivity contribution in [3.05, 3.63) is 65.1 Å². The number of hydrogen-bond donors (Lipinski definition) is 0. The Morgan fingerprint density at radius 2 is 1.69 bits per heavy atom. The number of amides is 1. The summed E-state index contributed by atoms with van der Waals surface area (Å²) in [6, 6.07) is 11.2. The van der Waals surface area contributed by atoms with Gasteiger partial charge in [-0.25, -0.2) is 4.98 Å². The Balaban J connectivity index is 1.82. The van der Waals surface area contributed by atoms with Crippen molar-refractivity contribution in [2.75, 3.05) is 24.7 Å². The van der Waals surface area contributed by atoms with E-state index >= 15 is 0 Å². The lowest BCUT2D eigenvalue weighted by Crippen LogP contribution is -2.30. The highest BCUT2D eigenvalue weighted by molar-refractivity contribution is 7.22. The van der Waals surface area contributed by atoms with Crippen molar-refractivity contribution in [2.45, 2.75) is 41.2 Å². The maximum absolute atomic E-state index is 14.0. The van der Waals surface area contributed by atoms with Crippen LogP contribution < -0.4 is 19.1 Å². The molecule has 0 spiro atoms. The van der Waals surface area contributed by atoms with Crippen LogP contribution in [-0.4, -0.2) is 30.7 Å². The monoisotopic (exact) mass is 494 g/mol. The van der Waals surface area contributed by atoms with E-state index in [0.717, 1.165) is 21.3 Å². The van der Waals surface area contributed by atoms with E-state index < -0.39 is 0 Å². The van der Waals surface area contributed by atoms with E-state index in [2.05, 4.69) is 19.9 Å². The lowest BCUT2D eigenvalue weighted by atomic mass is 10.1. The summed E-state index contributed by atoms with van der Waals surface area (Å²) in [4.78, 5) is 20.5. The Kier molecular flexibility index (Phi) is 7.60. The normalized spacial score (nSPS) is 11.0. The number of benzene rings is 2. The summed E-state index contributed by atoms with van der Waals surface area (Å²) in [5, 5.41) is 0.597. The zero-order chi connectivity index (χ0) is 24.9. The quantitative estimate of drug-likeness (QED) is 0.249. The molecule has 0 fully saturated rings. The molecule has 184 valence electrons. The van der Waals surface area contributed by atoms with Crippen LogP contribution in [0.4, 0.5) is 5.13 Å². The van der Waals surface area contributed by atoms with Gasteiger partial charge in [-0.15, -0.1) is 0 Å². The summed E-state index contributed by atoms with van der Waals surface area (Å²) in [7, 11) is 0. The third kappa shape index (κ3) is 5.12. The summed E-state index contributed by atoms with van der Waals surface area (Å²) >= 11 is 1.48. The third-order valence-electron chi connectivity index (χ3n) is 5.60. The van der Waals surface area contributed by atoms with Gasteiger partial charge in [-0.1, -0.05) is 17.4 Å². The lowest BCUT2D eigenvalue weighted by Gasteiger charge is -2.21. The molecule has 1 amide bonds. The highest BCUT2D eigenvalue weighted by atomic mass is 32.1. The Morgan fingerprint density at radius 1 is 1.00 bits per heavy atom. The van der Waals surface area contributed by atoms with Crippen LogP contribution >= 0.6 is 11.3 Å². The molecule has 35 heavy (non-hydrogen) atoms. The van der Waals surface area contributed by atoms with Gasteiger partial charge in [0.05, 0.1) is 42.8 Å². The highest BCUT2D eigenvalue weighted by Crippen LogP contribution is 2.40. The molecule has 8 heteroatoms. The van der Waals surface area contributed by atoms with Crippen molar-refractivity contribution < 1.29 is 23.4 Å². The lowest BCUT2D eigenvalue weighted by molar-refractivity contribution is 0.0982. The van der Waals surface area contributed by atoms with E-state index in [1.807, 2.05) is 32.9 Å². The number of anilines is 1. The molecule has 0 N–H and O–H groups in total. The van der Waals surface area contributed by atoms with Crippen LogP contribution in [0.5, 0.6) is 17.2 Å². The third-order valence-corrected chi connectivity index (χ3v) is 6.64. The van der Waals surface area contributed by atoms with Crippen molar-refractivity contribution >= 4 is 32.6 Å². The molecule has 0 bridgehead atoms. The molecule has 0 saturated heterocycles. The number of carbonyl (C=O) groups excluding carboxylic acids is 1. The van der Waals surface area contributed by atoms with Crippen molar-refractivity contribution in [3.63, 3.8) is 0 Å². The largest absolute Gasteiger partial charge is 0.490 e. The maximum Gasteiger partial charge on any atom is 0.260 e. The van der Waals surface area contributed by atoms with Gasteiger partial charge in [0.1, 0.15) is 5.76 Å². The molecule has 0 saturated carbocycles. The van der Waals surface area contributed by atoms with Crippen molar-refractivity contribution in [2.24, 2.45) is 0 Å². The Hall–Kier alpha value is -3.52. The van der Waals surface area contributed by atoms with Gasteiger partial charge < -0.3 is 18.6 Å². The molecule has 0 radical (unpaired) electrons. The number of thiazole rings is 1. The minimum Gasteiger partial charge on any atom is -0.490 e. The topological polar surface area (TPSA) is 74.0 Å². The molecular formula is C27H30N2O5S. The number of fused-ring (bicyclic) bond motifs is 1. The van der Waals surface area contributed by atoms with Crippen LogP contribution in [0, 0.1) is 13.8 Å². The number of aryl methyl sites for hydroxylation is 2. The number of rotatable bonds is 10. The highest BCUT2D eigenvalue weighted by Gasteiger charge is 2.26. The summed E-state index contributed by atoms with van der Waals surface area (Å²) in [6.45, 7) is 11.3. The number of hydrogen-bond acceptors (Lipinski definition) is 7. The van der Waals surface area contributed by atoms with Crippen LogP contribution in [-0.2, 0) is 6.54 Å². The van der Waals surface area contributed by atoms with Crippen LogP contribution in [0.2, 0.25) is 0 Å². The molecule has 2 heterocycles. The summed E-state index contributed by atoms with van der Waals surface area (Å²) in [6.07, 6.45) is 1.60. The van der Waals surface area contributed by atoms with Crippen LogP contribution in [0.15, 0.2) is 47.1 Å². The van der Waals surface area contributed by atoms with Crippen molar-refractivity contribution in [1.82, 2.24) is 4.98 Å². The van der Waals surface area contributed by atoms with Crippen LogP contribution in [0.1, 0.15) is 48.0 Å². The van der Waals surface area contributed by atoms with Crippen LogP contribution in [0.25, 0.3) is 10.2 Å². The second-order valence-electron chi connectivity index (χ2n) is 7.92. The Bertz CT molecular complexity index is 1290. The van der Waals surface area contributed by atoms with E-state index in [1.165, 1.54) is 11.3 Å². The molecule has 4 aromatic rings. The molecule has 2 aromatic heterocycles. The average molecular weight is 495 g/mol. The summed E-state index contributed by atoms with van der Waals surface area (Å²) < 4.78 is 24.1. The molecular weight excluding hydrogens is 464 g/mol. The minimum atomic E-state index is -0.236. The fraction of sp³-hybridized carbons (Fsp3) is 0.333. The van der Waals surface area contributed by atoms with E-state index in [9.17, 15) is 4.79 Å². The molecule has 0 unspecified atom stereocenters. The predicted molar refractivity (Wildman–Crippen MR) is 138 cm³/mol. The average Bonchev–Trinajstić information content (AvgIpc) is 3.52. The van der Waals surface area contributed by atoms with Gasteiger partial charge in [0, 0.05) is 5.56 Å². The predicted octanol–water partition coefficient (Wildman–Crippen LogP) is 6.55. The number of carbonyl (C=O) groups is 1. The molecule has 0 aliphatic carbocycles. The first kappa shape index (κ1) is 24.6. The minimum absolute atomic E-state index is 0.236. The Labute approximate surface area is 209 Å². The fourth-order valence-electron chi connectivity index (χ4n) is 3.78. The first-order chi connectivity index (χ1) is 17.0. The molecule has 0 aliphatic rings. The standard InChI is InChI=1S/C27H30N2O5S/c1-6-31-21-14-19(15-22(32-7-2)25(21)33-8-3)26(30)29(16-20-10-9-13-34-20)27-28-24-18(5)17(4)11-12-23(24)35-27/h9-15H,6-8,16H2,1-5H3. The summed E-state index contributed by atoms with van der Waals surface area (Å²) in [5.41, 5.74) is 3.58. The fourth-order valence-corrected chi connectivity index (χ4v) is 4.81. The van der Waals surface area contributed by atoms with Crippen LogP contribution in [0.3, 0.4) is 0 Å². The molecule has 2 aromatic carbocycles. The first-order valence-electron chi connectivity index (χ1n) is 11.7. The van der Waals surface area contributed by atoms with E-state index in [1.54, 1.807) is 29.4 Å². The second kappa shape index (κ2) is 10.8. The molecule has 0 atom stereocenters. The zero-order valence-electron chi connectivity index (χ0n) is 20.7. The zero-order valence-corrected chi connectivity index (χ0v) is 21.5. The number of nitrogens with zero attached hydrogens (tertiary/aromatic N) is 2. The van der Waals surface area contributed by atoms with E-state index in [4.69, 9.17) is 23.6 Å². The Morgan fingerprint density at radius 3 is 2.29 bits per heavy atom. The number of aromatic nitrogens is 1. The van der Waals surface area contributed by atoms with Gasteiger partial charge in [0.15, 0.2) is 16.6 Å².